The molecule has 0 aliphatic rings. The highest BCUT2D eigenvalue weighted by atomic mass is 16.5. The summed E-state index contributed by atoms with van der Waals surface area (Å²) in [6, 6.07) is 27.4. The third-order valence-electron chi connectivity index (χ3n) is 7.49. The van der Waals surface area contributed by atoms with E-state index in [-0.39, 0.29) is 36.7 Å². The van der Waals surface area contributed by atoms with Gasteiger partial charge in [0.1, 0.15) is 6.61 Å². The first kappa shape index (κ1) is 32.1. The summed E-state index contributed by atoms with van der Waals surface area (Å²) in [6.45, 7) is 8.39. The van der Waals surface area contributed by atoms with E-state index in [0.29, 0.717) is 35.2 Å². The number of aryl methyl sites for hydroxylation is 1. The molecular weight excluding hydrogens is 580 g/mol. The van der Waals surface area contributed by atoms with Gasteiger partial charge in [-0.3, -0.25) is 9.59 Å². The molecule has 0 aliphatic heterocycles. The first-order chi connectivity index (χ1) is 22.0. The van der Waals surface area contributed by atoms with Crippen LogP contribution in [0.25, 0.3) is 22.6 Å². The molecule has 0 fully saturated rings. The monoisotopic (exact) mass is 618 g/mol. The van der Waals surface area contributed by atoms with Crippen molar-refractivity contribution in [1.29, 1.82) is 0 Å². The topological polar surface area (TPSA) is 127 Å². The number of aliphatic carboxylic acids is 1. The highest BCUT2D eigenvalue weighted by Crippen LogP contribution is 2.28. The summed E-state index contributed by atoms with van der Waals surface area (Å²) >= 11 is 0. The fraction of sp³-hybridized carbons (Fsp3) is 0.270. The van der Waals surface area contributed by atoms with Crippen LogP contribution in [-0.4, -0.2) is 38.6 Å². The average molecular weight is 619 g/mol. The van der Waals surface area contributed by atoms with Crippen molar-refractivity contribution in [3.8, 4) is 28.5 Å². The molecule has 46 heavy (non-hydrogen) atoms. The molecule has 5 aromatic rings. The molecule has 0 saturated heterocycles. The number of carboxylic acids is 1. The summed E-state index contributed by atoms with van der Waals surface area (Å²) < 4.78 is 12.0. The Morgan fingerprint density at radius 3 is 2.09 bits per heavy atom. The second-order valence-corrected chi connectivity index (χ2v) is 12.3. The van der Waals surface area contributed by atoms with Crippen molar-refractivity contribution < 1.29 is 23.8 Å². The highest BCUT2D eigenvalue weighted by Gasteiger charge is 2.22. The molecular formula is C37H38N4O5. The number of pyridine rings is 1. The first-order valence-electron chi connectivity index (χ1n) is 15.3. The predicted octanol–water partition coefficient (Wildman–Crippen LogP) is 8.07. The summed E-state index contributed by atoms with van der Waals surface area (Å²) in [6.07, 6.45) is 2.13. The van der Waals surface area contributed by atoms with Gasteiger partial charge in [-0.05, 0) is 60.4 Å². The number of anilines is 1. The van der Waals surface area contributed by atoms with Crippen molar-refractivity contribution in [1.82, 2.24) is 15.2 Å². The smallest absolute Gasteiger partial charge is 0.303 e. The Hall–Kier alpha value is -5.31. The van der Waals surface area contributed by atoms with E-state index in [4.69, 9.17) is 14.3 Å². The molecule has 236 valence electrons. The number of rotatable bonds is 13. The quantitative estimate of drug-likeness (QED) is 0.126. The lowest BCUT2D eigenvalue weighted by molar-refractivity contribution is -0.137. The molecule has 5 rings (SSSR count). The molecule has 2 heterocycles. The van der Waals surface area contributed by atoms with Crippen LogP contribution in [0.5, 0.6) is 5.88 Å². The maximum Gasteiger partial charge on any atom is 0.303 e. The number of hydrogen-bond donors (Lipinski definition) is 2. The molecule has 0 radical (unpaired) electrons. The largest absolute Gasteiger partial charge is 0.481 e. The Labute approximate surface area is 268 Å². The third-order valence-corrected chi connectivity index (χ3v) is 7.49. The number of ketones is 1. The molecule has 9 heteroatoms. The summed E-state index contributed by atoms with van der Waals surface area (Å²) in [4.78, 5) is 27.8. The van der Waals surface area contributed by atoms with Crippen LogP contribution in [0.3, 0.4) is 0 Å². The molecule has 9 nitrogen and oxygen atoms in total. The van der Waals surface area contributed by atoms with Crippen LogP contribution >= 0.6 is 0 Å². The Bertz CT molecular complexity index is 1760. The normalized spacial score (nSPS) is 12.0. The number of hydrogen-bond acceptors (Lipinski definition) is 8. The van der Waals surface area contributed by atoms with Gasteiger partial charge < -0.3 is 19.6 Å². The maximum atomic E-state index is 12.5. The molecule has 0 aliphatic carbocycles. The van der Waals surface area contributed by atoms with Gasteiger partial charge in [0.05, 0.1) is 11.6 Å². The van der Waals surface area contributed by atoms with Gasteiger partial charge in [-0.2, -0.15) is 0 Å². The van der Waals surface area contributed by atoms with Crippen LogP contribution in [0.2, 0.25) is 0 Å². The molecule has 0 unspecified atom stereocenters. The van der Waals surface area contributed by atoms with Crippen molar-refractivity contribution in [2.45, 2.75) is 58.4 Å². The number of aromatic nitrogens is 3. The van der Waals surface area contributed by atoms with Crippen molar-refractivity contribution in [2.24, 2.45) is 0 Å². The van der Waals surface area contributed by atoms with Gasteiger partial charge in [-0.25, -0.2) is 4.98 Å². The van der Waals surface area contributed by atoms with Crippen LogP contribution in [0.4, 0.5) is 5.69 Å². The van der Waals surface area contributed by atoms with Gasteiger partial charge >= 0.3 is 5.97 Å². The molecule has 0 saturated carbocycles. The molecule has 3 aromatic carbocycles. The number of carboxylic acid groups (broad SMARTS) is 1. The minimum absolute atomic E-state index is 0.0254. The SMILES string of the molecule is Cc1ccc(-c2ccc([C@@H](COc3ccc(-c4nnc(C(C)(C)C)o4)cn3)Nc3ccc(C(=O)CCCC(=O)O)cc3)cc2)cc1. The zero-order chi connectivity index (χ0) is 32.7. The lowest BCUT2D eigenvalue weighted by Crippen LogP contribution is -2.19. The Morgan fingerprint density at radius 2 is 1.50 bits per heavy atom. The zero-order valence-corrected chi connectivity index (χ0v) is 26.5. The fourth-order valence-electron chi connectivity index (χ4n) is 4.78. The Kier molecular flexibility index (Phi) is 9.91. The molecule has 1 atom stereocenters. The number of nitrogens with one attached hydrogen (secondary N) is 1. The van der Waals surface area contributed by atoms with E-state index in [1.165, 1.54) is 5.56 Å². The molecule has 0 spiro atoms. The summed E-state index contributed by atoms with van der Waals surface area (Å²) in [5.74, 6) is 0.427. The number of benzene rings is 3. The van der Waals surface area contributed by atoms with Crippen molar-refractivity contribution in [3.63, 3.8) is 0 Å². The van der Waals surface area contributed by atoms with Gasteiger partial charge in [0.2, 0.25) is 17.7 Å². The fourth-order valence-corrected chi connectivity index (χ4v) is 4.78. The summed E-state index contributed by atoms with van der Waals surface area (Å²) in [7, 11) is 0. The van der Waals surface area contributed by atoms with Crippen molar-refractivity contribution in [2.75, 3.05) is 11.9 Å². The van der Waals surface area contributed by atoms with E-state index in [9.17, 15) is 9.59 Å². The van der Waals surface area contributed by atoms with Gasteiger partial charge in [0, 0.05) is 41.8 Å². The van der Waals surface area contributed by atoms with Crippen LogP contribution in [0, 0.1) is 6.92 Å². The minimum atomic E-state index is -0.903. The predicted molar refractivity (Wildman–Crippen MR) is 177 cm³/mol. The average Bonchev–Trinajstić information content (AvgIpc) is 3.55. The minimum Gasteiger partial charge on any atom is -0.481 e. The number of carbonyl (C=O) groups is 2. The molecule has 2 aromatic heterocycles. The third kappa shape index (κ3) is 8.44. The number of carbonyl (C=O) groups excluding carboxylic acids is 1. The number of ether oxygens (including phenoxy) is 1. The second kappa shape index (κ2) is 14.2. The molecule has 0 amide bonds. The van der Waals surface area contributed by atoms with E-state index in [0.717, 1.165) is 22.4 Å². The van der Waals surface area contributed by atoms with Crippen LogP contribution in [0.1, 0.15) is 73.5 Å². The van der Waals surface area contributed by atoms with Gasteiger partial charge in [0.25, 0.3) is 0 Å². The lowest BCUT2D eigenvalue weighted by atomic mass is 9.97. The van der Waals surface area contributed by atoms with Crippen LogP contribution < -0.4 is 10.1 Å². The van der Waals surface area contributed by atoms with Crippen LogP contribution in [-0.2, 0) is 10.2 Å². The van der Waals surface area contributed by atoms with E-state index in [2.05, 4.69) is 76.0 Å². The number of Topliss-reactive ketones (excluding diaryl/α,β-unsaturated/α-hetero) is 1. The van der Waals surface area contributed by atoms with Gasteiger partial charge in [0.15, 0.2) is 5.78 Å². The van der Waals surface area contributed by atoms with Gasteiger partial charge in [-0.1, -0.05) is 74.9 Å². The summed E-state index contributed by atoms with van der Waals surface area (Å²) in [5.41, 5.74) is 6.29. The van der Waals surface area contributed by atoms with Crippen molar-refractivity contribution >= 4 is 17.4 Å². The number of nitrogens with zero attached hydrogens (tertiary/aromatic N) is 3. The Morgan fingerprint density at radius 1 is 0.848 bits per heavy atom. The first-order valence-corrected chi connectivity index (χ1v) is 15.3. The Balaban J connectivity index is 1.31. The molecule has 0 bridgehead atoms. The standard InChI is InChI=1S/C37H38N4O5/c1-24-8-10-25(11-9-24)26-12-14-27(15-13-26)31(39-30-19-16-28(17-20-30)32(42)6-5-7-34(43)44)23-45-33-21-18-29(22-38-33)35-40-41-36(46-35)37(2,3)4/h8-22,31,39H,5-7,23H2,1-4H3,(H,43,44)/t31-/m1/s1. The van der Waals surface area contributed by atoms with Gasteiger partial charge in [-0.15, -0.1) is 10.2 Å². The molecule has 2 N–H and O–H groups in total. The van der Waals surface area contributed by atoms with E-state index in [1.807, 2.05) is 39.0 Å². The zero-order valence-electron chi connectivity index (χ0n) is 26.5. The lowest BCUT2D eigenvalue weighted by Gasteiger charge is -2.21. The van der Waals surface area contributed by atoms with E-state index < -0.39 is 5.97 Å². The van der Waals surface area contributed by atoms with Crippen LogP contribution in [0.15, 0.2) is 95.5 Å². The highest BCUT2D eigenvalue weighted by molar-refractivity contribution is 5.96. The van der Waals surface area contributed by atoms with Crippen molar-refractivity contribution in [3.05, 3.63) is 114 Å². The van der Waals surface area contributed by atoms with E-state index >= 15 is 0 Å². The summed E-state index contributed by atoms with van der Waals surface area (Å²) in [5, 5.41) is 20.7. The van der Waals surface area contributed by atoms with E-state index in [1.54, 1.807) is 24.4 Å². The second-order valence-electron chi connectivity index (χ2n) is 12.3. The maximum absolute atomic E-state index is 12.5.